The molecule has 4 N–H and O–H groups in total. The highest BCUT2D eigenvalue weighted by Gasteiger charge is 2.32. The molecule has 0 radical (unpaired) electrons. The number of carbonyl (C=O) groups excluding carboxylic acids is 2. The van der Waals surface area contributed by atoms with Gasteiger partial charge in [-0.05, 0) is 53.6 Å². The number of nitrogens with one attached hydrogen (secondary N) is 4. The second kappa shape index (κ2) is 13.3. The monoisotopic (exact) mass is 655 g/mol. The SMILES string of the molecule is O=C(Cc1cnc[nH]1)N1CC[C@H](CNc2ncc(-c3ccc4cc(-c5cnc([C@@H]6CCCN6C(=O)Cc6cnc[nH]6)[nH]5)ccc4c3)cn2)C1. The summed E-state index contributed by atoms with van der Waals surface area (Å²) in [5.74, 6) is 1.96. The van der Waals surface area contributed by atoms with Crippen LogP contribution in [0.3, 0.4) is 0 Å². The number of amides is 2. The van der Waals surface area contributed by atoms with E-state index in [1.54, 1.807) is 25.0 Å². The highest BCUT2D eigenvalue weighted by atomic mass is 16.2. The van der Waals surface area contributed by atoms with Gasteiger partial charge in [-0.25, -0.2) is 24.9 Å². The van der Waals surface area contributed by atoms with Crippen molar-refractivity contribution < 1.29 is 9.59 Å². The Morgan fingerprint density at radius 1 is 0.776 bits per heavy atom. The number of benzene rings is 2. The predicted octanol–water partition coefficient (Wildman–Crippen LogP) is 4.54. The zero-order valence-electron chi connectivity index (χ0n) is 27.0. The van der Waals surface area contributed by atoms with Crippen molar-refractivity contribution in [2.75, 3.05) is 31.5 Å². The Hall–Kier alpha value is -5.85. The van der Waals surface area contributed by atoms with E-state index < -0.39 is 0 Å². The molecule has 4 aromatic heterocycles. The average Bonchev–Trinajstić information content (AvgIpc) is 3.97. The summed E-state index contributed by atoms with van der Waals surface area (Å²) < 4.78 is 0. The number of nitrogens with zero attached hydrogens (tertiary/aromatic N) is 7. The molecule has 13 heteroatoms. The molecule has 13 nitrogen and oxygen atoms in total. The maximum Gasteiger partial charge on any atom is 0.229 e. The normalized spacial score (nSPS) is 17.6. The Kier molecular flexibility index (Phi) is 8.30. The highest BCUT2D eigenvalue weighted by Crippen LogP contribution is 2.33. The predicted molar refractivity (Wildman–Crippen MR) is 184 cm³/mol. The molecule has 8 rings (SSSR count). The summed E-state index contributed by atoms with van der Waals surface area (Å²) in [4.78, 5) is 60.8. The fourth-order valence-electron chi connectivity index (χ4n) is 6.93. The number of anilines is 1. The van der Waals surface area contributed by atoms with Crippen LogP contribution in [0.1, 0.15) is 42.5 Å². The van der Waals surface area contributed by atoms with Gasteiger partial charge in [-0.15, -0.1) is 0 Å². The number of hydrogen-bond donors (Lipinski definition) is 4. The van der Waals surface area contributed by atoms with Crippen LogP contribution in [0.4, 0.5) is 5.95 Å². The third-order valence-electron chi connectivity index (χ3n) is 9.60. The van der Waals surface area contributed by atoms with Crippen LogP contribution in [0.5, 0.6) is 0 Å². The van der Waals surface area contributed by atoms with Crippen molar-refractivity contribution in [1.82, 2.24) is 49.7 Å². The molecule has 2 aliphatic heterocycles. The fourth-order valence-corrected chi connectivity index (χ4v) is 6.93. The summed E-state index contributed by atoms with van der Waals surface area (Å²) in [6.07, 6.45) is 15.6. The second-order valence-corrected chi connectivity index (χ2v) is 12.9. The van der Waals surface area contributed by atoms with Gasteiger partial charge in [-0.1, -0.05) is 24.3 Å². The molecule has 2 saturated heterocycles. The van der Waals surface area contributed by atoms with Gasteiger partial charge in [-0.3, -0.25) is 9.59 Å². The number of likely N-dealkylation sites (tertiary alicyclic amines) is 2. The number of H-pyrrole nitrogens is 3. The third kappa shape index (κ3) is 6.64. The van der Waals surface area contributed by atoms with Gasteiger partial charge in [0.05, 0.1) is 43.4 Å². The van der Waals surface area contributed by atoms with E-state index >= 15 is 0 Å². The Morgan fingerprint density at radius 3 is 2.22 bits per heavy atom. The van der Waals surface area contributed by atoms with Gasteiger partial charge in [0.25, 0.3) is 0 Å². The highest BCUT2D eigenvalue weighted by molar-refractivity contribution is 5.90. The zero-order valence-corrected chi connectivity index (χ0v) is 27.0. The zero-order chi connectivity index (χ0) is 33.2. The molecule has 0 saturated carbocycles. The van der Waals surface area contributed by atoms with E-state index in [-0.39, 0.29) is 17.9 Å². The minimum atomic E-state index is -0.0573. The van der Waals surface area contributed by atoms with Crippen LogP contribution in [-0.4, -0.2) is 87.7 Å². The minimum Gasteiger partial charge on any atom is -0.354 e. The molecule has 6 heterocycles. The first kappa shape index (κ1) is 30.5. The Bertz CT molecular complexity index is 2050. The lowest BCUT2D eigenvalue weighted by atomic mass is 10.0. The van der Waals surface area contributed by atoms with E-state index in [0.717, 1.165) is 89.3 Å². The van der Waals surface area contributed by atoms with Gasteiger partial charge in [-0.2, -0.15) is 0 Å². The van der Waals surface area contributed by atoms with Gasteiger partial charge >= 0.3 is 0 Å². The molecule has 6 aromatic rings. The minimum absolute atomic E-state index is 0.0573. The number of rotatable bonds is 10. The Balaban J connectivity index is 0.879. The number of aromatic nitrogens is 8. The number of imidazole rings is 3. The van der Waals surface area contributed by atoms with Crippen LogP contribution in [0.15, 0.2) is 80.0 Å². The molecule has 0 spiro atoms. The van der Waals surface area contributed by atoms with E-state index in [1.807, 2.05) is 28.4 Å². The second-order valence-electron chi connectivity index (χ2n) is 12.9. The smallest absolute Gasteiger partial charge is 0.229 e. The lowest BCUT2D eigenvalue weighted by molar-refractivity contribution is -0.131. The van der Waals surface area contributed by atoms with E-state index in [4.69, 9.17) is 4.98 Å². The molecule has 0 bridgehead atoms. The maximum absolute atomic E-state index is 13.0. The Labute approximate surface area is 282 Å². The summed E-state index contributed by atoms with van der Waals surface area (Å²) in [6, 6.07) is 12.7. The summed E-state index contributed by atoms with van der Waals surface area (Å²) in [7, 11) is 0. The Morgan fingerprint density at radius 2 is 1.49 bits per heavy atom. The molecule has 2 fully saturated rings. The van der Waals surface area contributed by atoms with E-state index in [0.29, 0.717) is 31.3 Å². The van der Waals surface area contributed by atoms with Crippen molar-refractivity contribution in [3.05, 3.63) is 97.2 Å². The quantitative estimate of drug-likeness (QED) is 0.167. The van der Waals surface area contributed by atoms with Gasteiger partial charge in [0, 0.05) is 73.5 Å². The van der Waals surface area contributed by atoms with Crippen molar-refractivity contribution in [3.8, 4) is 22.4 Å². The molecule has 248 valence electrons. The van der Waals surface area contributed by atoms with E-state index in [9.17, 15) is 9.59 Å². The van der Waals surface area contributed by atoms with Crippen molar-refractivity contribution >= 4 is 28.5 Å². The molecular formula is C36H37N11O2. The van der Waals surface area contributed by atoms with Crippen LogP contribution in [0.25, 0.3) is 33.2 Å². The first-order chi connectivity index (χ1) is 24.1. The topological polar surface area (TPSA) is 164 Å². The molecule has 2 aliphatic rings. The third-order valence-corrected chi connectivity index (χ3v) is 9.60. The van der Waals surface area contributed by atoms with Gasteiger partial charge in [0.1, 0.15) is 5.82 Å². The van der Waals surface area contributed by atoms with E-state index in [1.165, 1.54) is 0 Å². The summed E-state index contributed by atoms with van der Waals surface area (Å²) in [5, 5.41) is 5.58. The van der Waals surface area contributed by atoms with Crippen molar-refractivity contribution in [1.29, 1.82) is 0 Å². The van der Waals surface area contributed by atoms with Crippen LogP contribution in [0, 0.1) is 5.92 Å². The largest absolute Gasteiger partial charge is 0.354 e. The van der Waals surface area contributed by atoms with Crippen LogP contribution >= 0.6 is 0 Å². The molecule has 2 amide bonds. The standard InChI is InChI=1S/C36H37N11O2/c48-33(12-29-17-37-21-43-29)46-9-7-23(20-46)14-40-36-41-15-28(16-42-36)26-4-3-25-11-27(6-5-24(25)10-26)31-19-39-35(45-31)32-2-1-8-47(32)34(49)13-30-18-38-22-44-30/h3-6,10-11,15-19,21-23,32H,1-2,7-9,12-14,20H2,(H,37,43)(H,38,44)(H,39,45)(H,40,41,42)/t23-,32+/m1/s1. The first-order valence-corrected chi connectivity index (χ1v) is 16.7. The van der Waals surface area contributed by atoms with Gasteiger partial charge in [0.15, 0.2) is 0 Å². The molecule has 2 atom stereocenters. The molecule has 2 aromatic carbocycles. The van der Waals surface area contributed by atoms with E-state index in [2.05, 4.69) is 76.6 Å². The maximum atomic E-state index is 13.0. The molecule has 49 heavy (non-hydrogen) atoms. The summed E-state index contributed by atoms with van der Waals surface area (Å²) >= 11 is 0. The lowest BCUT2D eigenvalue weighted by Gasteiger charge is -2.23. The van der Waals surface area contributed by atoms with Gasteiger partial charge in [0.2, 0.25) is 17.8 Å². The van der Waals surface area contributed by atoms with Crippen molar-refractivity contribution in [3.63, 3.8) is 0 Å². The van der Waals surface area contributed by atoms with Crippen LogP contribution < -0.4 is 5.32 Å². The number of fused-ring (bicyclic) bond motifs is 1. The van der Waals surface area contributed by atoms with Crippen LogP contribution in [0.2, 0.25) is 0 Å². The first-order valence-electron chi connectivity index (χ1n) is 16.7. The summed E-state index contributed by atoms with van der Waals surface area (Å²) in [6.45, 7) is 2.94. The van der Waals surface area contributed by atoms with Crippen LogP contribution in [-0.2, 0) is 22.4 Å². The summed E-state index contributed by atoms with van der Waals surface area (Å²) in [5.41, 5.74) is 5.60. The van der Waals surface area contributed by atoms with Gasteiger partial charge < -0.3 is 30.1 Å². The molecular weight excluding hydrogens is 618 g/mol. The number of carbonyl (C=O) groups is 2. The fraction of sp³-hybridized carbons (Fsp3) is 0.306. The lowest BCUT2D eigenvalue weighted by Crippen LogP contribution is -2.32. The molecule has 0 unspecified atom stereocenters. The van der Waals surface area contributed by atoms with Crippen molar-refractivity contribution in [2.45, 2.75) is 38.1 Å². The molecule has 0 aliphatic carbocycles. The number of hydrogen-bond acceptors (Lipinski definition) is 8. The number of aromatic amines is 3. The average molecular weight is 656 g/mol. The van der Waals surface area contributed by atoms with Crippen molar-refractivity contribution in [2.24, 2.45) is 5.92 Å².